The van der Waals surface area contributed by atoms with E-state index in [1.165, 1.54) is 5.56 Å². The van der Waals surface area contributed by atoms with Crippen LogP contribution in [0, 0.1) is 17.8 Å². The topological polar surface area (TPSA) is 104 Å². The molecule has 3 atom stereocenters. The van der Waals surface area contributed by atoms with Crippen LogP contribution in [0.3, 0.4) is 0 Å². The molecule has 1 saturated carbocycles. The van der Waals surface area contributed by atoms with Crippen LogP contribution < -0.4 is 0 Å². The van der Waals surface area contributed by atoms with Gasteiger partial charge in [0.15, 0.2) is 0 Å². The van der Waals surface area contributed by atoms with Gasteiger partial charge in [-0.3, -0.25) is 0 Å². The number of carbonyl (C=O) groups is 1. The summed E-state index contributed by atoms with van der Waals surface area (Å²) in [5.74, 6) is 2.19. The summed E-state index contributed by atoms with van der Waals surface area (Å²) in [7, 11) is 0. The van der Waals surface area contributed by atoms with E-state index < -0.39 is 0 Å². The fraction of sp³-hybridized carbons (Fsp3) is 0.270. The van der Waals surface area contributed by atoms with Crippen molar-refractivity contribution in [3.8, 4) is 45.8 Å². The number of ether oxygens (including phenoxy) is 1. The Morgan fingerprint density at radius 3 is 1.82 bits per heavy atom. The SMILES string of the molecule is C=CC1CC(C=C)C(COC(=O)c2ccc(-c3nnc(-c4cccc(-c5nnc(-c6ccc(C(C)(C)C)cc6)o5)c4)o3)cc2)C1. The maximum Gasteiger partial charge on any atom is 0.338 e. The van der Waals surface area contributed by atoms with Crippen LogP contribution in [0.4, 0.5) is 0 Å². The van der Waals surface area contributed by atoms with Gasteiger partial charge in [0.05, 0.1) is 12.2 Å². The molecule has 0 amide bonds. The van der Waals surface area contributed by atoms with Crippen LogP contribution in [0.1, 0.15) is 49.5 Å². The van der Waals surface area contributed by atoms with Crippen molar-refractivity contribution in [2.45, 2.75) is 39.0 Å². The molecule has 8 heteroatoms. The van der Waals surface area contributed by atoms with Crippen molar-refractivity contribution >= 4 is 5.97 Å². The first kappa shape index (κ1) is 29.9. The fourth-order valence-corrected chi connectivity index (χ4v) is 5.70. The summed E-state index contributed by atoms with van der Waals surface area (Å²) < 4.78 is 17.7. The summed E-state index contributed by atoms with van der Waals surface area (Å²) in [4.78, 5) is 12.7. The zero-order valence-corrected chi connectivity index (χ0v) is 25.8. The van der Waals surface area contributed by atoms with Gasteiger partial charge in [0.25, 0.3) is 0 Å². The number of carbonyl (C=O) groups excluding carboxylic acids is 1. The monoisotopic (exact) mass is 600 g/mol. The number of allylic oxidation sites excluding steroid dienone is 2. The lowest BCUT2D eigenvalue weighted by Gasteiger charge is -2.18. The lowest BCUT2D eigenvalue weighted by atomic mass is 9.87. The largest absolute Gasteiger partial charge is 0.462 e. The van der Waals surface area contributed by atoms with E-state index in [0.717, 1.165) is 24.0 Å². The standard InChI is InChI=1S/C37H36N4O4/c1-6-23-19-24(7-2)30(20-23)22-43-36(42)27-13-11-25(12-14-27)32-38-40-34(44-32)28-9-8-10-29(21-28)35-41-39-33(45-35)26-15-17-31(18-16-26)37(3,4)5/h6-18,21,23-24,30H,1-2,19-20,22H2,3-5H3. The summed E-state index contributed by atoms with van der Waals surface area (Å²) in [6, 6.07) is 22.6. The summed E-state index contributed by atoms with van der Waals surface area (Å²) in [5, 5.41) is 17.0. The number of rotatable bonds is 9. The van der Waals surface area contributed by atoms with Gasteiger partial charge in [-0.2, -0.15) is 0 Å². The molecule has 2 aromatic heterocycles. The molecule has 228 valence electrons. The zero-order chi connectivity index (χ0) is 31.6. The number of esters is 1. The summed E-state index contributed by atoms with van der Waals surface area (Å²) in [6.07, 6.45) is 5.90. The third-order valence-corrected chi connectivity index (χ3v) is 8.42. The quantitative estimate of drug-likeness (QED) is 0.122. The Morgan fingerprint density at radius 2 is 1.31 bits per heavy atom. The van der Waals surface area contributed by atoms with E-state index in [9.17, 15) is 4.79 Å². The van der Waals surface area contributed by atoms with Crippen LogP contribution in [0.25, 0.3) is 45.8 Å². The third kappa shape index (κ3) is 6.55. The molecule has 3 aromatic carbocycles. The summed E-state index contributed by atoms with van der Waals surface area (Å²) in [6.45, 7) is 14.7. The lowest BCUT2D eigenvalue weighted by Crippen LogP contribution is -2.16. The molecule has 0 aliphatic heterocycles. The Hall–Kier alpha value is -5.11. The number of aromatic nitrogens is 4. The van der Waals surface area contributed by atoms with E-state index in [4.69, 9.17) is 13.6 Å². The molecule has 0 N–H and O–H groups in total. The van der Waals surface area contributed by atoms with Gasteiger partial charge < -0.3 is 13.6 Å². The normalized spacial score (nSPS) is 18.1. The van der Waals surface area contributed by atoms with Crippen LogP contribution in [0.5, 0.6) is 0 Å². The predicted molar refractivity (Wildman–Crippen MR) is 173 cm³/mol. The van der Waals surface area contributed by atoms with Crippen LogP contribution in [0.2, 0.25) is 0 Å². The van der Waals surface area contributed by atoms with E-state index in [2.05, 4.69) is 66.5 Å². The van der Waals surface area contributed by atoms with E-state index in [1.54, 1.807) is 24.3 Å². The molecule has 3 unspecified atom stereocenters. The Balaban J connectivity index is 1.11. The van der Waals surface area contributed by atoms with Gasteiger partial charge >= 0.3 is 5.97 Å². The van der Waals surface area contributed by atoms with E-state index in [-0.39, 0.29) is 17.3 Å². The van der Waals surface area contributed by atoms with Crippen molar-refractivity contribution in [1.29, 1.82) is 0 Å². The first-order valence-electron chi connectivity index (χ1n) is 15.1. The van der Waals surface area contributed by atoms with Crippen molar-refractivity contribution in [3.05, 3.63) is 109 Å². The highest BCUT2D eigenvalue weighted by Crippen LogP contribution is 2.38. The molecule has 0 bridgehead atoms. The number of benzene rings is 3. The van der Waals surface area contributed by atoms with Crippen molar-refractivity contribution in [2.75, 3.05) is 6.61 Å². The minimum absolute atomic E-state index is 0.0614. The molecule has 45 heavy (non-hydrogen) atoms. The van der Waals surface area contributed by atoms with Gasteiger partial charge in [-0.1, -0.05) is 51.1 Å². The van der Waals surface area contributed by atoms with Crippen LogP contribution >= 0.6 is 0 Å². The van der Waals surface area contributed by atoms with Crippen LogP contribution in [-0.4, -0.2) is 33.0 Å². The first-order chi connectivity index (χ1) is 21.7. The average Bonchev–Trinajstić information content (AvgIpc) is 3.84. The molecule has 1 aliphatic rings. The maximum absolute atomic E-state index is 12.7. The molecular weight excluding hydrogens is 564 g/mol. The number of nitrogens with zero attached hydrogens (tertiary/aromatic N) is 4. The van der Waals surface area contributed by atoms with Crippen LogP contribution in [0.15, 0.2) is 107 Å². The third-order valence-electron chi connectivity index (χ3n) is 8.42. The summed E-state index contributed by atoms with van der Waals surface area (Å²) in [5.41, 5.74) is 4.75. The van der Waals surface area contributed by atoms with Gasteiger partial charge in [-0.15, -0.1) is 33.6 Å². The molecule has 1 fully saturated rings. The molecule has 0 radical (unpaired) electrons. The number of hydrogen-bond donors (Lipinski definition) is 0. The predicted octanol–water partition coefficient (Wildman–Crippen LogP) is 8.59. The van der Waals surface area contributed by atoms with Crippen molar-refractivity contribution in [2.24, 2.45) is 17.8 Å². The first-order valence-corrected chi connectivity index (χ1v) is 15.1. The van der Waals surface area contributed by atoms with Crippen LogP contribution in [-0.2, 0) is 10.2 Å². The Morgan fingerprint density at radius 1 is 0.778 bits per heavy atom. The van der Waals surface area contributed by atoms with E-state index >= 15 is 0 Å². The second-order valence-corrected chi connectivity index (χ2v) is 12.5. The molecule has 6 rings (SSSR count). The van der Waals surface area contributed by atoms with Crippen molar-refractivity contribution in [3.63, 3.8) is 0 Å². The smallest absolute Gasteiger partial charge is 0.338 e. The fourth-order valence-electron chi connectivity index (χ4n) is 5.70. The highest BCUT2D eigenvalue weighted by molar-refractivity contribution is 5.89. The maximum atomic E-state index is 12.7. The molecule has 1 aliphatic carbocycles. The second-order valence-electron chi connectivity index (χ2n) is 12.5. The average molecular weight is 601 g/mol. The number of hydrogen-bond acceptors (Lipinski definition) is 8. The highest BCUT2D eigenvalue weighted by Gasteiger charge is 2.31. The van der Waals surface area contributed by atoms with Gasteiger partial charge in [0.2, 0.25) is 23.6 Å². The van der Waals surface area contributed by atoms with E-state index in [1.807, 2.05) is 48.6 Å². The van der Waals surface area contributed by atoms with Gasteiger partial charge in [0.1, 0.15) is 0 Å². The van der Waals surface area contributed by atoms with Gasteiger partial charge in [0, 0.05) is 22.3 Å². The van der Waals surface area contributed by atoms with Crippen molar-refractivity contribution in [1.82, 2.24) is 20.4 Å². The van der Waals surface area contributed by atoms with Gasteiger partial charge in [-0.05, 0) is 96.2 Å². The lowest BCUT2D eigenvalue weighted by molar-refractivity contribution is 0.0423. The van der Waals surface area contributed by atoms with E-state index in [0.29, 0.717) is 58.7 Å². The molecule has 0 spiro atoms. The Labute approximate surface area is 262 Å². The highest BCUT2D eigenvalue weighted by atomic mass is 16.5. The second kappa shape index (κ2) is 12.5. The van der Waals surface area contributed by atoms with Crippen molar-refractivity contribution < 1.29 is 18.4 Å². The molecule has 8 nitrogen and oxygen atoms in total. The van der Waals surface area contributed by atoms with Gasteiger partial charge in [-0.25, -0.2) is 4.79 Å². The minimum Gasteiger partial charge on any atom is -0.462 e. The molecule has 0 saturated heterocycles. The minimum atomic E-state index is -0.361. The molecular formula is C37H36N4O4. The zero-order valence-electron chi connectivity index (χ0n) is 25.8. The molecule has 2 heterocycles. The summed E-state index contributed by atoms with van der Waals surface area (Å²) >= 11 is 0. The Bertz CT molecular complexity index is 1810. The molecule has 5 aromatic rings. The Kier molecular flexibility index (Phi) is 8.30.